The molecule has 1 aliphatic carbocycles. The highest BCUT2D eigenvalue weighted by atomic mass is 16.5. The van der Waals surface area contributed by atoms with Crippen molar-refractivity contribution in [2.75, 3.05) is 33.5 Å². The molecule has 0 aromatic carbocycles. The van der Waals surface area contributed by atoms with Gasteiger partial charge in [0.2, 0.25) is 0 Å². The first-order valence-corrected chi connectivity index (χ1v) is 7.25. The van der Waals surface area contributed by atoms with E-state index in [-0.39, 0.29) is 12.1 Å². The first kappa shape index (κ1) is 14.8. The highest BCUT2D eigenvalue weighted by molar-refractivity contribution is 5.82. The van der Waals surface area contributed by atoms with E-state index in [1.54, 1.807) is 7.11 Å². The summed E-state index contributed by atoms with van der Waals surface area (Å²) in [6.07, 6.45) is 4.49. The maximum absolute atomic E-state index is 12.3. The van der Waals surface area contributed by atoms with Crippen LogP contribution in [0.2, 0.25) is 0 Å². The van der Waals surface area contributed by atoms with E-state index in [9.17, 15) is 4.79 Å². The molecule has 0 spiro atoms. The van der Waals surface area contributed by atoms with E-state index in [1.807, 2.05) is 6.92 Å². The monoisotopic (exact) mass is 271 g/mol. The van der Waals surface area contributed by atoms with Crippen LogP contribution in [0.25, 0.3) is 0 Å². The first-order chi connectivity index (χ1) is 9.23. The van der Waals surface area contributed by atoms with E-state index in [0.29, 0.717) is 25.7 Å². The van der Waals surface area contributed by atoms with Gasteiger partial charge in [-0.15, -0.1) is 0 Å². The van der Waals surface area contributed by atoms with Crippen LogP contribution in [-0.4, -0.2) is 51.1 Å². The predicted octanol–water partition coefficient (Wildman–Crippen LogP) is 1.11. The molecule has 0 aromatic heterocycles. The molecule has 1 saturated carbocycles. The van der Waals surface area contributed by atoms with Gasteiger partial charge in [-0.25, -0.2) is 4.79 Å². The lowest BCUT2D eigenvalue weighted by Gasteiger charge is -2.33. The zero-order valence-corrected chi connectivity index (χ0v) is 11.9. The molecule has 0 amide bonds. The van der Waals surface area contributed by atoms with Gasteiger partial charge >= 0.3 is 5.97 Å². The highest BCUT2D eigenvalue weighted by Crippen LogP contribution is 2.41. The number of carbonyl (C=O) groups excluding carboxylic acids is 1. The Morgan fingerprint density at radius 3 is 2.74 bits per heavy atom. The van der Waals surface area contributed by atoms with Crippen molar-refractivity contribution >= 4 is 5.97 Å². The number of carbonyl (C=O) groups is 1. The molecular formula is C14H25NO4. The van der Waals surface area contributed by atoms with Crippen molar-refractivity contribution in [3.05, 3.63) is 0 Å². The van der Waals surface area contributed by atoms with Gasteiger partial charge in [-0.05, 0) is 38.5 Å². The number of ether oxygens (including phenoxy) is 3. The van der Waals surface area contributed by atoms with Crippen LogP contribution in [0.15, 0.2) is 0 Å². The maximum Gasteiger partial charge on any atom is 0.329 e. The lowest BCUT2D eigenvalue weighted by molar-refractivity contribution is -0.155. The van der Waals surface area contributed by atoms with Gasteiger partial charge in [0.15, 0.2) is 0 Å². The molecule has 2 unspecified atom stereocenters. The molecule has 19 heavy (non-hydrogen) atoms. The van der Waals surface area contributed by atoms with Crippen molar-refractivity contribution in [1.29, 1.82) is 0 Å². The fraction of sp³-hybridized carbons (Fsp3) is 0.929. The molecule has 0 aromatic rings. The molecule has 1 N–H and O–H groups in total. The second kappa shape index (κ2) is 6.68. The van der Waals surface area contributed by atoms with Gasteiger partial charge in [0.25, 0.3) is 0 Å². The van der Waals surface area contributed by atoms with E-state index in [0.717, 1.165) is 32.3 Å². The fourth-order valence-corrected chi connectivity index (χ4v) is 2.78. The van der Waals surface area contributed by atoms with Crippen molar-refractivity contribution in [2.45, 2.75) is 44.2 Å². The Hall–Kier alpha value is -0.650. The van der Waals surface area contributed by atoms with Crippen LogP contribution >= 0.6 is 0 Å². The molecule has 5 heteroatoms. The summed E-state index contributed by atoms with van der Waals surface area (Å²) in [5, 5.41) is 3.40. The Kier molecular flexibility index (Phi) is 5.19. The van der Waals surface area contributed by atoms with Crippen molar-refractivity contribution < 1.29 is 19.0 Å². The van der Waals surface area contributed by atoms with Gasteiger partial charge in [0.05, 0.1) is 19.3 Å². The summed E-state index contributed by atoms with van der Waals surface area (Å²) >= 11 is 0. The third-order valence-electron chi connectivity index (χ3n) is 3.96. The standard InChI is InChI=1S/C14H25NO4/c1-3-18-13(16)14(10-17-2,11-6-7-11)15-9-12-5-4-8-19-12/h11-12,15H,3-10H2,1-2H3. The second-order valence-electron chi connectivity index (χ2n) is 5.42. The zero-order chi connectivity index (χ0) is 13.7. The van der Waals surface area contributed by atoms with Gasteiger partial charge < -0.3 is 14.2 Å². The molecule has 2 fully saturated rings. The molecule has 5 nitrogen and oxygen atoms in total. The summed E-state index contributed by atoms with van der Waals surface area (Å²) in [4.78, 5) is 12.3. The minimum atomic E-state index is -0.684. The second-order valence-corrected chi connectivity index (χ2v) is 5.42. The van der Waals surface area contributed by atoms with Crippen molar-refractivity contribution in [3.8, 4) is 0 Å². The Morgan fingerprint density at radius 2 is 2.21 bits per heavy atom. The predicted molar refractivity (Wildman–Crippen MR) is 70.9 cm³/mol. The zero-order valence-electron chi connectivity index (χ0n) is 11.9. The van der Waals surface area contributed by atoms with Gasteiger partial charge in [-0.2, -0.15) is 0 Å². The molecule has 1 saturated heterocycles. The van der Waals surface area contributed by atoms with Gasteiger partial charge in [-0.1, -0.05) is 0 Å². The van der Waals surface area contributed by atoms with Crippen molar-refractivity contribution in [2.24, 2.45) is 5.92 Å². The van der Waals surface area contributed by atoms with E-state index >= 15 is 0 Å². The van der Waals surface area contributed by atoms with E-state index < -0.39 is 5.54 Å². The molecule has 0 radical (unpaired) electrons. The molecule has 2 atom stereocenters. The summed E-state index contributed by atoms with van der Waals surface area (Å²) in [5.74, 6) is 0.144. The lowest BCUT2D eigenvalue weighted by Crippen LogP contribution is -2.59. The smallest absolute Gasteiger partial charge is 0.329 e. The van der Waals surface area contributed by atoms with Crippen molar-refractivity contribution in [1.82, 2.24) is 5.32 Å². The van der Waals surface area contributed by atoms with E-state index in [4.69, 9.17) is 14.2 Å². The van der Waals surface area contributed by atoms with Crippen LogP contribution in [0.1, 0.15) is 32.6 Å². The third-order valence-corrected chi connectivity index (χ3v) is 3.96. The first-order valence-electron chi connectivity index (χ1n) is 7.25. The Bertz CT molecular complexity index is 300. The molecule has 110 valence electrons. The minimum Gasteiger partial charge on any atom is -0.465 e. The van der Waals surface area contributed by atoms with Crippen LogP contribution in [0.4, 0.5) is 0 Å². The van der Waals surface area contributed by atoms with Gasteiger partial charge in [0.1, 0.15) is 5.54 Å². The van der Waals surface area contributed by atoms with E-state index in [2.05, 4.69) is 5.32 Å². The number of rotatable bonds is 8. The summed E-state index contributed by atoms with van der Waals surface area (Å²) in [7, 11) is 1.63. The molecule has 1 heterocycles. The largest absolute Gasteiger partial charge is 0.465 e. The Morgan fingerprint density at radius 1 is 1.42 bits per heavy atom. The SMILES string of the molecule is CCOC(=O)C(COC)(NCC1CCCO1)C1CC1. The summed E-state index contributed by atoms with van der Waals surface area (Å²) < 4.78 is 16.2. The average Bonchev–Trinajstić information content (AvgIpc) is 3.12. The fourth-order valence-electron chi connectivity index (χ4n) is 2.78. The number of hydrogen-bond acceptors (Lipinski definition) is 5. The number of esters is 1. The van der Waals surface area contributed by atoms with Crippen LogP contribution in [0.5, 0.6) is 0 Å². The quantitative estimate of drug-likeness (QED) is 0.670. The normalized spacial score (nSPS) is 26.1. The van der Waals surface area contributed by atoms with Crippen LogP contribution in [-0.2, 0) is 19.0 Å². The van der Waals surface area contributed by atoms with Gasteiger partial charge in [-0.3, -0.25) is 5.32 Å². The third kappa shape index (κ3) is 3.46. The summed E-state index contributed by atoms with van der Waals surface area (Å²) in [5.41, 5.74) is -0.684. The number of nitrogens with one attached hydrogen (secondary N) is 1. The molecule has 2 aliphatic rings. The number of hydrogen-bond donors (Lipinski definition) is 1. The van der Waals surface area contributed by atoms with Gasteiger partial charge in [0, 0.05) is 20.3 Å². The molecule has 0 bridgehead atoms. The molecular weight excluding hydrogens is 246 g/mol. The number of methoxy groups -OCH3 is 1. The maximum atomic E-state index is 12.3. The van der Waals surface area contributed by atoms with Crippen molar-refractivity contribution in [3.63, 3.8) is 0 Å². The van der Waals surface area contributed by atoms with E-state index in [1.165, 1.54) is 0 Å². The lowest BCUT2D eigenvalue weighted by atomic mass is 9.93. The summed E-state index contributed by atoms with van der Waals surface area (Å²) in [6.45, 7) is 4.12. The van der Waals surface area contributed by atoms with Crippen LogP contribution in [0, 0.1) is 5.92 Å². The van der Waals surface area contributed by atoms with Crippen LogP contribution in [0.3, 0.4) is 0 Å². The highest BCUT2D eigenvalue weighted by Gasteiger charge is 2.52. The summed E-state index contributed by atoms with van der Waals surface area (Å²) in [6, 6.07) is 0. The minimum absolute atomic E-state index is 0.183. The molecule has 1 aliphatic heterocycles. The Labute approximate surface area is 115 Å². The Balaban J connectivity index is 2.00. The van der Waals surface area contributed by atoms with Crippen LogP contribution < -0.4 is 5.32 Å². The average molecular weight is 271 g/mol. The topological polar surface area (TPSA) is 56.8 Å². The molecule has 2 rings (SSSR count).